The second kappa shape index (κ2) is 5.29. The number of nitrogens with one attached hydrogen (secondary N) is 1. The zero-order chi connectivity index (χ0) is 9.56. The van der Waals surface area contributed by atoms with Gasteiger partial charge in [-0.05, 0) is 13.8 Å². The average molecular weight is 172 g/mol. The number of nitrogens with zero attached hydrogens (tertiary/aromatic N) is 1. The van der Waals surface area contributed by atoms with E-state index in [1.165, 1.54) is 13.8 Å². The van der Waals surface area contributed by atoms with E-state index < -0.39 is 5.97 Å². The van der Waals surface area contributed by atoms with Crippen molar-refractivity contribution in [3.63, 3.8) is 0 Å². The van der Waals surface area contributed by atoms with E-state index in [2.05, 4.69) is 15.3 Å². The summed E-state index contributed by atoms with van der Waals surface area (Å²) in [6.07, 6.45) is 0. The molecule has 0 spiro atoms. The van der Waals surface area contributed by atoms with E-state index in [-0.39, 0.29) is 11.6 Å². The van der Waals surface area contributed by atoms with Gasteiger partial charge in [-0.2, -0.15) is 5.10 Å². The van der Waals surface area contributed by atoms with Crippen LogP contribution in [0.4, 0.5) is 0 Å². The molecule has 0 unspecified atom stereocenters. The fourth-order valence-electron chi connectivity index (χ4n) is 0.444. The summed E-state index contributed by atoms with van der Waals surface area (Å²) in [7, 11) is 0. The predicted octanol–water partition coefficient (Wildman–Crippen LogP) is 0.0615. The number of hydrogen-bond donors (Lipinski definition) is 1. The van der Waals surface area contributed by atoms with Gasteiger partial charge in [0.1, 0.15) is 5.71 Å². The molecular formula is C7H12N2O3. The van der Waals surface area contributed by atoms with Crippen LogP contribution in [0.25, 0.3) is 0 Å². The summed E-state index contributed by atoms with van der Waals surface area (Å²) in [4.78, 5) is 21.2. The third kappa shape index (κ3) is 4.43. The Labute approximate surface area is 70.8 Å². The van der Waals surface area contributed by atoms with Crippen molar-refractivity contribution in [2.24, 2.45) is 5.10 Å². The van der Waals surface area contributed by atoms with Gasteiger partial charge in [-0.1, -0.05) is 0 Å². The van der Waals surface area contributed by atoms with E-state index in [9.17, 15) is 9.59 Å². The first-order valence-electron chi connectivity index (χ1n) is 3.56. The molecule has 0 aromatic heterocycles. The predicted molar refractivity (Wildman–Crippen MR) is 43.6 cm³/mol. The first-order chi connectivity index (χ1) is 5.57. The highest BCUT2D eigenvalue weighted by molar-refractivity contribution is 6.35. The number of amides is 1. The molecule has 0 saturated heterocycles. The Bertz CT molecular complexity index is 211. The van der Waals surface area contributed by atoms with E-state index >= 15 is 0 Å². The highest BCUT2D eigenvalue weighted by Crippen LogP contribution is 1.82. The summed E-state index contributed by atoms with van der Waals surface area (Å²) in [5.74, 6) is -0.843. The van der Waals surface area contributed by atoms with Crippen LogP contribution in [-0.2, 0) is 14.3 Å². The van der Waals surface area contributed by atoms with Crippen molar-refractivity contribution in [1.82, 2.24) is 5.43 Å². The Kier molecular flexibility index (Phi) is 4.67. The van der Waals surface area contributed by atoms with Crippen molar-refractivity contribution in [3.05, 3.63) is 0 Å². The van der Waals surface area contributed by atoms with Gasteiger partial charge in [0.25, 0.3) is 0 Å². The molecule has 0 aromatic rings. The van der Waals surface area contributed by atoms with Gasteiger partial charge in [0, 0.05) is 6.92 Å². The maximum absolute atomic E-state index is 10.9. The third-order valence-corrected chi connectivity index (χ3v) is 0.952. The maximum atomic E-state index is 10.9. The van der Waals surface area contributed by atoms with Crippen LogP contribution < -0.4 is 5.43 Å². The Balaban J connectivity index is 3.99. The topological polar surface area (TPSA) is 67.8 Å². The normalized spacial score (nSPS) is 10.8. The zero-order valence-electron chi connectivity index (χ0n) is 7.38. The highest BCUT2D eigenvalue weighted by atomic mass is 16.5. The van der Waals surface area contributed by atoms with E-state index in [0.29, 0.717) is 6.61 Å². The van der Waals surface area contributed by atoms with Gasteiger partial charge in [0.15, 0.2) is 0 Å². The number of rotatable bonds is 3. The molecule has 0 aromatic carbocycles. The molecular weight excluding hydrogens is 160 g/mol. The largest absolute Gasteiger partial charge is 0.461 e. The van der Waals surface area contributed by atoms with Gasteiger partial charge in [-0.25, -0.2) is 10.2 Å². The molecule has 0 aliphatic heterocycles. The van der Waals surface area contributed by atoms with Crippen LogP contribution in [-0.4, -0.2) is 24.2 Å². The smallest absolute Gasteiger partial charge is 0.354 e. The first kappa shape index (κ1) is 10.6. The SMILES string of the molecule is CCOC(=O)/C(C)=N/NC(C)=O. The maximum Gasteiger partial charge on any atom is 0.354 e. The lowest BCUT2D eigenvalue weighted by molar-refractivity contribution is -0.135. The molecule has 0 aliphatic carbocycles. The van der Waals surface area contributed by atoms with Crippen LogP contribution in [0.3, 0.4) is 0 Å². The van der Waals surface area contributed by atoms with Crippen molar-refractivity contribution >= 4 is 17.6 Å². The van der Waals surface area contributed by atoms with E-state index in [4.69, 9.17) is 0 Å². The number of esters is 1. The molecule has 0 atom stereocenters. The number of hydrazone groups is 1. The fraction of sp³-hybridized carbons (Fsp3) is 0.571. The van der Waals surface area contributed by atoms with Crippen molar-refractivity contribution in [2.75, 3.05) is 6.61 Å². The summed E-state index contributed by atoms with van der Waals surface area (Å²) in [5.41, 5.74) is 2.26. The molecule has 12 heavy (non-hydrogen) atoms. The van der Waals surface area contributed by atoms with Gasteiger partial charge in [0.2, 0.25) is 5.91 Å². The van der Waals surface area contributed by atoms with Crippen LogP contribution in [0.2, 0.25) is 0 Å². The third-order valence-electron chi connectivity index (χ3n) is 0.952. The molecule has 0 rings (SSSR count). The lowest BCUT2D eigenvalue weighted by Crippen LogP contribution is -2.20. The minimum absolute atomic E-state index is 0.132. The first-order valence-corrected chi connectivity index (χ1v) is 3.56. The number of carbonyl (C=O) groups is 2. The van der Waals surface area contributed by atoms with Crippen LogP contribution in [0.5, 0.6) is 0 Å². The monoisotopic (exact) mass is 172 g/mol. The van der Waals surface area contributed by atoms with Gasteiger partial charge < -0.3 is 4.74 Å². The Morgan fingerprint density at radius 1 is 1.42 bits per heavy atom. The van der Waals surface area contributed by atoms with E-state index in [1.807, 2.05) is 0 Å². The fourth-order valence-corrected chi connectivity index (χ4v) is 0.444. The minimum Gasteiger partial charge on any atom is -0.461 e. The lowest BCUT2D eigenvalue weighted by Gasteiger charge is -1.99. The molecule has 0 radical (unpaired) electrons. The molecule has 68 valence electrons. The van der Waals surface area contributed by atoms with Crippen molar-refractivity contribution in [3.8, 4) is 0 Å². The molecule has 0 saturated carbocycles. The standard InChI is InChI=1S/C7H12N2O3/c1-4-12-7(11)5(2)8-9-6(3)10/h4H2,1-3H3,(H,9,10)/b8-5+. The minimum atomic E-state index is -0.522. The van der Waals surface area contributed by atoms with Gasteiger partial charge >= 0.3 is 5.97 Å². The molecule has 0 fully saturated rings. The van der Waals surface area contributed by atoms with Crippen LogP contribution in [0, 0.1) is 0 Å². The van der Waals surface area contributed by atoms with Crippen LogP contribution in [0.15, 0.2) is 5.10 Å². The summed E-state index contributed by atoms with van der Waals surface area (Å²) in [5, 5.41) is 3.48. The lowest BCUT2D eigenvalue weighted by atomic mass is 10.4. The van der Waals surface area contributed by atoms with Gasteiger partial charge in [-0.15, -0.1) is 0 Å². The number of hydrogen-bond acceptors (Lipinski definition) is 4. The van der Waals surface area contributed by atoms with Crippen LogP contribution in [0.1, 0.15) is 20.8 Å². The zero-order valence-corrected chi connectivity index (χ0v) is 7.38. The highest BCUT2D eigenvalue weighted by Gasteiger charge is 2.05. The average Bonchev–Trinajstić information content (AvgIpc) is 2.00. The van der Waals surface area contributed by atoms with E-state index in [0.717, 1.165) is 0 Å². The molecule has 0 bridgehead atoms. The number of carbonyl (C=O) groups excluding carboxylic acids is 2. The Morgan fingerprint density at radius 2 is 2.00 bits per heavy atom. The Hall–Kier alpha value is -1.39. The molecule has 0 aliphatic rings. The van der Waals surface area contributed by atoms with Crippen molar-refractivity contribution in [2.45, 2.75) is 20.8 Å². The van der Waals surface area contributed by atoms with Gasteiger partial charge in [-0.3, -0.25) is 4.79 Å². The van der Waals surface area contributed by atoms with Crippen molar-refractivity contribution < 1.29 is 14.3 Å². The summed E-state index contributed by atoms with van der Waals surface area (Å²) < 4.78 is 4.61. The quantitative estimate of drug-likeness (QED) is 0.372. The molecule has 5 heteroatoms. The number of ether oxygens (including phenoxy) is 1. The van der Waals surface area contributed by atoms with Crippen molar-refractivity contribution in [1.29, 1.82) is 0 Å². The molecule has 5 nitrogen and oxygen atoms in total. The Morgan fingerprint density at radius 3 is 2.42 bits per heavy atom. The summed E-state index contributed by atoms with van der Waals surface area (Å²) in [6.45, 7) is 4.77. The summed E-state index contributed by atoms with van der Waals surface area (Å²) in [6, 6.07) is 0. The molecule has 1 amide bonds. The second-order valence-corrected chi connectivity index (χ2v) is 2.09. The summed E-state index contributed by atoms with van der Waals surface area (Å²) >= 11 is 0. The van der Waals surface area contributed by atoms with Crippen LogP contribution >= 0.6 is 0 Å². The molecule has 0 heterocycles. The van der Waals surface area contributed by atoms with E-state index in [1.54, 1.807) is 6.92 Å². The van der Waals surface area contributed by atoms with Gasteiger partial charge in [0.05, 0.1) is 6.61 Å². The second-order valence-electron chi connectivity index (χ2n) is 2.09. The molecule has 1 N–H and O–H groups in total.